The van der Waals surface area contributed by atoms with E-state index in [0.29, 0.717) is 4.57 Å². The van der Waals surface area contributed by atoms with Gasteiger partial charge >= 0.3 is 13.3 Å². The normalized spacial score (nSPS) is 19.6. The molecule has 2 aromatic rings. The highest BCUT2D eigenvalue weighted by atomic mass is 31.2. The van der Waals surface area contributed by atoms with Crippen molar-refractivity contribution in [2.24, 2.45) is 0 Å². The topological polar surface area (TPSA) is 109 Å². The molecule has 0 aliphatic carbocycles. The number of hydroxylamine groups is 2. The molecule has 0 saturated carbocycles. The standard InChI is InChI=1S/C20H26N3O7P/c1-4-28-31(27,29-5-2)18-13-16(30-21(18)3)14-22-12-11-17(24)23(20(22)26)19(25)15-9-7-6-8-10-15/h6-12,16,18H,4-5,13-14H2,1-3H3/t16-,18-/m0/s1. The van der Waals surface area contributed by atoms with Gasteiger partial charge in [-0.3, -0.25) is 23.6 Å². The summed E-state index contributed by atoms with van der Waals surface area (Å²) in [6, 6.07) is 9.25. The smallest absolute Gasteiger partial charge is 0.308 e. The van der Waals surface area contributed by atoms with Crippen molar-refractivity contribution in [3.63, 3.8) is 0 Å². The van der Waals surface area contributed by atoms with Crippen LogP contribution < -0.4 is 11.2 Å². The molecule has 0 unspecified atom stereocenters. The van der Waals surface area contributed by atoms with Gasteiger partial charge in [-0.1, -0.05) is 18.2 Å². The first-order valence-corrected chi connectivity index (χ1v) is 11.6. The minimum Gasteiger partial charge on any atom is -0.308 e. The Hall–Kier alpha value is -2.36. The van der Waals surface area contributed by atoms with Crippen LogP contribution in [0.25, 0.3) is 0 Å². The quantitative estimate of drug-likeness (QED) is 0.560. The summed E-state index contributed by atoms with van der Waals surface area (Å²) in [7, 11) is -1.82. The van der Waals surface area contributed by atoms with Crippen LogP contribution in [0.15, 0.2) is 52.2 Å². The number of aromatic nitrogens is 2. The second-order valence-electron chi connectivity index (χ2n) is 6.96. The van der Waals surface area contributed by atoms with E-state index in [1.54, 1.807) is 39.1 Å². The van der Waals surface area contributed by atoms with E-state index in [2.05, 4.69) is 0 Å². The monoisotopic (exact) mass is 451 g/mol. The van der Waals surface area contributed by atoms with E-state index in [1.165, 1.54) is 28.0 Å². The molecule has 1 aromatic carbocycles. The average molecular weight is 451 g/mol. The first-order valence-electron chi connectivity index (χ1n) is 10.0. The first kappa shape index (κ1) is 23.3. The maximum Gasteiger partial charge on any atom is 0.350 e. The first-order chi connectivity index (χ1) is 14.8. The highest BCUT2D eigenvalue weighted by Crippen LogP contribution is 2.57. The van der Waals surface area contributed by atoms with E-state index in [4.69, 9.17) is 13.9 Å². The van der Waals surface area contributed by atoms with Crippen molar-refractivity contribution >= 4 is 13.5 Å². The van der Waals surface area contributed by atoms with E-state index in [0.717, 1.165) is 6.07 Å². The van der Waals surface area contributed by atoms with E-state index in [9.17, 15) is 18.9 Å². The van der Waals surface area contributed by atoms with Crippen LogP contribution in [0.3, 0.4) is 0 Å². The summed E-state index contributed by atoms with van der Waals surface area (Å²) >= 11 is 0. The van der Waals surface area contributed by atoms with Crippen LogP contribution in [0.5, 0.6) is 0 Å². The molecule has 1 saturated heterocycles. The zero-order chi connectivity index (χ0) is 22.6. The van der Waals surface area contributed by atoms with Gasteiger partial charge in [0, 0.05) is 31.3 Å². The molecule has 1 fully saturated rings. The zero-order valence-corrected chi connectivity index (χ0v) is 18.6. The van der Waals surface area contributed by atoms with Crippen LogP contribution in [0.1, 0.15) is 30.6 Å². The van der Waals surface area contributed by atoms with Gasteiger partial charge in [0.2, 0.25) is 0 Å². The van der Waals surface area contributed by atoms with Crippen LogP contribution in [0, 0.1) is 0 Å². The van der Waals surface area contributed by atoms with E-state index in [-0.39, 0.29) is 31.7 Å². The molecule has 168 valence electrons. The van der Waals surface area contributed by atoms with Crippen LogP contribution in [-0.2, 0) is 25.0 Å². The fourth-order valence-corrected chi connectivity index (χ4v) is 5.59. The number of carbonyl (C=O) groups is 1. The Morgan fingerprint density at radius 1 is 1.13 bits per heavy atom. The number of nitrogens with zero attached hydrogens (tertiary/aromatic N) is 3. The summed E-state index contributed by atoms with van der Waals surface area (Å²) in [4.78, 5) is 43.6. The lowest BCUT2D eigenvalue weighted by Gasteiger charge is -2.25. The van der Waals surface area contributed by atoms with Crippen molar-refractivity contribution in [2.45, 2.75) is 38.7 Å². The minimum absolute atomic E-state index is 0.0558. The third-order valence-electron chi connectivity index (χ3n) is 4.87. The maximum atomic E-state index is 13.1. The van der Waals surface area contributed by atoms with E-state index in [1.807, 2.05) is 0 Å². The molecule has 0 radical (unpaired) electrons. The van der Waals surface area contributed by atoms with Crippen LogP contribution >= 0.6 is 7.60 Å². The maximum absolute atomic E-state index is 13.1. The summed E-state index contributed by atoms with van der Waals surface area (Å²) in [6.07, 6.45) is 1.08. The van der Waals surface area contributed by atoms with Crippen molar-refractivity contribution in [1.82, 2.24) is 14.2 Å². The summed E-state index contributed by atoms with van der Waals surface area (Å²) in [5.74, 6) is -1.34. The molecule has 1 aromatic heterocycles. The molecule has 1 aliphatic rings. The van der Waals surface area contributed by atoms with Crippen molar-refractivity contribution in [1.29, 1.82) is 0 Å². The van der Waals surface area contributed by atoms with E-state index >= 15 is 0 Å². The van der Waals surface area contributed by atoms with Gasteiger partial charge in [-0.2, -0.15) is 9.63 Å². The SMILES string of the molecule is CCOP(=O)(OCC)[C@H]1C[C@@H](Cn2ccc(=O)n(C(=O)c3ccccc3)c2=O)ON1C. The summed E-state index contributed by atoms with van der Waals surface area (Å²) in [5, 5.41) is 1.42. The third kappa shape index (κ3) is 4.94. The number of hydrogen-bond donors (Lipinski definition) is 0. The van der Waals surface area contributed by atoms with Crippen molar-refractivity contribution in [3.05, 3.63) is 69.0 Å². The lowest BCUT2D eigenvalue weighted by Crippen LogP contribution is -2.44. The van der Waals surface area contributed by atoms with Gasteiger partial charge in [-0.15, -0.1) is 0 Å². The molecule has 2 atom stereocenters. The van der Waals surface area contributed by atoms with Gasteiger partial charge in [0.25, 0.3) is 11.5 Å². The van der Waals surface area contributed by atoms with Gasteiger partial charge < -0.3 is 9.05 Å². The van der Waals surface area contributed by atoms with Crippen molar-refractivity contribution in [3.8, 4) is 0 Å². The van der Waals surface area contributed by atoms with Crippen molar-refractivity contribution in [2.75, 3.05) is 20.3 Å². The molecule has 1 aliphatic heterocycles. The lowest BCUT2D eigenvalue weighted by molar-refractivity contribution is -0.138. The van der Waals surface area contributed by atoms with Gasteiger partial charge in [0.15, 0.2) is 0 Å². The molecule has 11 heteroatoms. The molecule has 0 amide bonds. The van der Waals surface area contributed by atoms with Gasteiger partial charge in [-0.05, 0) is 26.0 Å². The van der Waals surface area contributed by atoms with E-state index < -0.39 is 36.6 Å². The summed E-state index contributed by atoms with van der Waals surface area (Å²) < 4.78 is 25.8. The summed E-state index contributed by atoms with van der Waals surface area (Å²) in [5.41, 5.74) is -1.26. The highest BCUT2D eigenvalue weighted by Gasteiger charge is 2.46. The Labute approximate surface area is 179 Å². The third-order valence-corrected chi connectivity index (χ3v) is 7.37. The Morgan fingerprint density at radius 3 is 2.39 bits per heavy atom. The lowest BCUT2D eigenvalue weighted by atomic mass is 10.2. The van der Waals surface area contributed by atoms with Crippen LogP contribution in [0.2, 0.25) is 0 Å². The molecule has 2 heterocycles. The Morgan fingerprint density at radius 2 is 1.77 bits per heavy atom. The average Bonchev–Trinajstić information content (AvgIpc) is 3.12. The largest absolute Gasteiger partial charge is 0.350 e. The van der Waals surface area contributed by atoms with Crippen LogP contribution in [-0.4, -0.2) is 52.3 Å². The Bertz CT molecular complexity index is 1070. The second-order valence-corrected chi connectivity index (χ2v) is 9.15. The minimum atomic E-state index is -3.45. The molecule has 3 rings (SSSR count). The molecular weight excluding hydrogens is 425 g/mol. The van der Waals surface area contributed by atoms with Gasteiger partial charge in [0.1, 0.15) is 5.78 Å². The second kappa shape index (κ2) is 9.84. The predicted molar refractivity (Wildman–Crippen MR) is 113 cm³/mol. The molecule has 0 spiro atoms. The Kier molecular flexibility index (Phi) is 7.40. The molecular formula is C20H26N3O7P. The molecule has 0 N–H and O–H groups in total. The number of hydrogen-bond acceptors (Lipinski definition) is 8. The highest BCUT2D eigenvalue weighted by molar-refractivity contribution is 7.54. The molecule has 0 bridgehead atoms. The predicted octanol–water partition coefficient (Wildman–Crippen LogP) is 1.93. The fraction of sp³-hybridized carbons (Fsp3) is 0.450. The zero-order valence-electron chi connectivity index (χ0n) is 17.7. The Balaban J connectivity index is 1.84. The molecule has 10 nitrogen and oxygen atoms in total. The number of rotatable bonds is 8. The fourth-order valence-electron chi connectivity index (χ4n) is 3.51. The molecule has 31 heavy (non-hydrogen) atoms. The van der Waals surface area contributed by atoms with Crippen molar-refractivity contribution < 1.29 is 23.2 Å². The van der Waals surface area contributed by atoms with Gasteiger partial charge in [0.05, 0.1) is 25.9 Å². The number of benzene rings is 1. The summed E-state index contributed by atoms with van der Waals surface area (Å²) in [6.45, 7) is 3.95. The van der Waals surface area contributed by atoms with Crippen LogP contribution in [0.4, 0.5) is 0 Å². The van der Waals surface area contributed by atoms with Gasteiger partial charge in [-0.25, -0.2) is 4.79 Å². The number of carbonyl (C=O) groups excluding carboxylic acids is 1.